The Bertz CT molecular complexity index is 176. The van der Waals surface area contributed by atoms with E-state index in [9.17, 15) is 9.90 Å². The zero-order valence-corrected chi connectivity index (χ0v) is 11.2. The summed E-state index contributed by atoms with van der Waals surface area (Å²) >= 11 is 0. The van der Waals surface area contributed by atoms with E-state index in [2.05, 4.69) is 6.92 Å². The molecule has 0 aliphatic heterocycles. The Hall–Kier alpha value is -0.370. The van der Waals surface area contributed by atoms with Crippen LogP contribution in [0.1, 0.15) is 72.1 Å². The fourth-order valence-corrected chi connectivity index (χ4v) is 1.93. The number of rotatable bonds is 10. The highest BCUT2D eigenvalue weighted by atomic mass is 16.3. The predicted octanol–water partition coefficient (Wildman–Crippen LogP) is 3.71. The maximum absolute atomic E-state index is 10.9. The number of aliphatic hydroxyl groups is 1. The summed E-state index contributed by atoms with van der Waals surface area (Å²) in [6.07, 6.45) is 9.77. The second-order valence-corrected chi connectivity index (χ2v) is 5.01. The largest absolute Gasteiger partial charge is 0.389 e. The fraction of sp³-hybridized carbons (Fsp3) is 0.929. The van der Waals surface area contributed by atoms with Crippen molar-refractivity contribution in [2.45, 2.75) is 77.7 Å². The van der Waals surface area contributed by atoms with Gasteiger partial charge in [0, 0.05) is 5.92 Å². The fourth-order valence-electron chi connectivity index (χ4n) is 1.93. The van der Waals surface area contributed by atoms with Gasteiger partial charge in [0.25, 0.3) is 0 Å². The van der Waals surface area contributed by atoms with Gasteiger partial charge in [-0.05, 0) is 19.8 Å². The highest BCUT2D eigenvalue weighted by Crippen LogP contribution is 2.24. The molecule has 0 saturated heterocycles. The van der Waals surface area contributed by atoms with Crippen molar-refractivity contribution in [2.24, 2.45) is 5.92 Å². The lowest BCUT2D eigenvalue weighted by Gasteiger charge is -2.27. The molecule has 2 nitrogen and oxygen atoms in total. The maximum atomic E-state index is 10.9. The van der Waals surface area contributed by atoms with Crippen LogP contribution in [0.5, 0.6) is 0 Å². The van der Waals surface area contributed by atoms with Crippen molar-refractivity contribution in [3.8, 4) is 0 Å². The summed E-state index contributed by atoms with van der Waals surface area (Å²) in [7, 11) is 0. The third kappa shape index (κ3) is 6.26. The number of hydrogen-bond acceptors (Lipinski definition) is 2. The van der Waals surface area contributed by atoms with Crippen molar-refractivity contribution >= 4 is 6.29 Å². The Balaban J connectivity index is 3.68. The van der Waals surface area contributed by atoms with Gasteiger partial charge in [0.05, 0.1) is 5.60 Å². The second kappa shape index (κ2) is 8.74. The first-order chi connectivity index (χ1) is 7.58. The molecular formula is C14H28O2. The molecule has 2 atom stereocenters. The van der Waals surface area contributed by atoms with Crippen molar-refractivity contribution in [3.05, 3.63) is 0 Å². The standard InChI is InChI=1S/C14H28O2/c1-4-6-7-8-9-10-11-13(12-15)14(3,16)5-2/h12-13,16H,4-11H2,1-3H3. The molecule has 0 aliphatic carbocycles. The van der Waals surface area contributed by atoms with Crippen LogP contribution >= 0.6 is 0 Å². The molecule has 0 aromatic rings. The van der Waals surface area contributed by atoms with Gasteiger partial charge in [-0.3, -0.25) is 0 Å². The Morgan fingerprint density at radius 3 is 2.19 bits per heavy atom. The Kier molecular flexibility index (Phi) is 8.54. The van der Waals surface area contributed by atoms with Crippen LogP contribution in [0.3, 0.4) is 0 Å². The van der Waals surface area contributed by atoms with Gasteiger partial charge in [0.2, 0.25) is 0 Å². The van der Waals surface area contributed by atoms with Gasteiger partial charge in [-0.15, -0.1) is 0 Å². The minimum Gasteiger partial charge on any atom is -0.389 e. The van der Waals surface area contributed by atoms with Crippen LogP contribution in [0.15, 0.2) is 0 Å². The topological polar surface area (TPSA) is 37.3 Å². The molecule has 16 heavy (non-hydrogen) atoms. The third-order valence-corrected chi connectivity index (χ3v) is 3.55. The Morgan fingerprint density at radius 1 is 1.12 bits per heavy atom. The zero-order chi connectivity index (χ0) is 12.4. The van der Waals surface area contributed by atoms with E-state index >= 15 is 0 Å². The van der Waals surface area contributed by atoms with Gasteiger partial charge in [0.1, 0.15) is 6.29 Å². The second-order valence-electron chi connectivity index (χ2n) is 5.01. The molecule has 96 valence electrons. The first-order valence-electron chi connectivity index (χ1n) is 6.76. The lowest BCUT2D eigenvalue weighted by Crippen LogP contribution is -2.34. The molecule has 0 spiro atoms. The lowest BCUT2D eigenvalue weighted by molar-refractivity contribution is -0.119. The van der Waals surface area contributed by atoms with E-state index in [1.807, 2.05) is 6.92 Å². The Labute approximate surface area is 100 Å². The summed E-state index contributed by atoms with van der Waals surface area (Å²) in [5, 5.41) is 9.99. The van der Waals surface area contributed by atoms with E-state index < -0.39 is 5.60 Å². The average Bonchev–Trinajstić information content (AvgIpc) is 2.28. The highest BCUT2D eigenvalue weighted by Gasteiger charge is 2.28. The SMILES string of the molecule is CCCCCCCCC(C=O)C(C)(O)CC. The minimum absolute atomic E-state index is 0.191. The third-order valence-electron chi connectivity index (χ3n) is 3.55. The van der Waals surface area contributed by atoms with E-state index in [0.717, 1.165) is 19.1 Å². The molecule has 2 unspecified atom stereocenters. The molecule has 0 bridgehead atoms. The molecule has 0 amide bonds. The van der Waals surface area contributed by atoms with E-state index in [0.29, 0.717) is 6.42 Å². The summed E-state index contributed by atoms with van der Waals surface area (Å²) in [6.45, 7) is 5.90. The van der Waals surface area contributed by atoms with Gasteiger partial charge in [-0.1, -0.05) is 52.4 Å². The van der Waals surface area contributed by atoms with E-state index in [1.165, 1.54) is 32.1 Å². The van der Waals surface area contributed by atoms with E-state index in [-0.39, 0.29) is 5.92 Å². The molecule has 0 saturated carbocycles. The van der Waals surface area contributed by atoms with Gasteiger partial charge >= 0.3 is 0 Å². The predicted molar refractivity (Wildman–Crippen MR) is 68.5 cm³/mol. The first kappa shape index (κ1) is 15.6. The van der Waals surface area contributed by atoms with Crippen molar-refractivity contribution in [2.75, 3.05) is 0 Å². The maximum Gasteiger partial charge on any atom is 0.125 e. The molecule has 0 aliphatic rings. The van der Waals surface area contributed by atoms with Gasteiger partial charge in [-0.25, -0.2) is 0 Å². The Morgan fingerprint density at radius 2 is 1.69 bits per heavy atom. The molecule has 0 aromatic heterocycles. The number of hydrogen-bond donors (Lipinski definition) is 1. The summed E-state index contributed by atoms with van der Waals surface area (Å²) in [4.78, 5) is 10.9. The smallest absolute Gasteiger partial charge is 0.125 e. The molecule has 2 heteroatoms. The van der Waals surface area contributed by atoms with Gasteiger partial charge in [-0.2, -0.15) is 0 Å². The van der Waals surface area contributed by atoms with Crippen molar-refractivity contribution in [1.82, 2.24) is 0 Å². The van der Waals surface area contributed by atoms with Gasteiger partial charge < -0.3 is 9.90 Å². The number of carbonyl (C=O) groups excluding carboxylic acids is 1. The summed E-state index contributed by atoms with van der Waals surface area (Å²) in [5.74, 6) is -0.191. The van der Waals surface area contributed by atoms with Crippen LogP contribution in [0.4, 0.5) is 0 Å². The number of unbranched alkanes of at least 4 members (excludes halogenated alkanes) is 5. The number of aldehydes is 1. The van der Waals surface area contributed by atoms with Crippen LogP contribution in [0.25, 0.3) is 0 Å². The quantitative estimate of drug-likeness (QED) is 0.457. The first-order valence-corrected chi connectivity index (χ1v) is 6.76. The summed E-state index contributed by atoms with van der Waals surface area (Å²) in [5.41, 5.74) is -0.814. The monoisotopic (exact) mass is 228 g/mol. The summed E-state index contributed by atoms with van der Waals surface area (Å²) in [6, 6.07) is 0. The highest BCUT2D eigenvalue weighted by molar-refractivity contribution is 5.55. The van der Waals surface area contributed by atoms with Crippen LogP contribution < -0.4 is 0 Å². The molecule has 0 rings (SSSR count). The lowest BCUT2D eigenvalue weighted by atomic mass is 9.84. The summed E-state index contributed by atoms with van der Waals surface area (Å²) < 4.78 is 0. The van der Waals surface area contributed by atoms with Crippen molar-refractivity contribution in [1.29, 1.82) is 0 Å². The van der Waals surface area contributed by atoms with Crippen LogP contribution in [-0.4, -0.2) is 17.0 Å². The van der Waals surface area contributed by atoms with Gasteiger partial charge in [0.15, 0.2) is 0 Å². The van der Waals surface area contributed by atoms with Crippen molar-refractivity contribution < 1.29 is 9.90 Å². The molecule has 1 N–H and O–H groups in total. The van der Waals surface area contributed by atoms with Crippen LogP contribution in [-0.2, 0) is 4.79 Å². The van der Waals surface area contributed by atoms with Crippen LogP contribution in [0, 0.1) is 5.92 Å². The molecule has 0 aromatic carbocycles. The average molecular weight is 228 g/mol. The molecule has 0 heterocycles. The molecule has 0 radical (unpaired) electrons. The normalized spacial score (nSPS) is 16.8. The molecular weight excluding hydrogens is 200 g/mol. The van der Waals surface area contributed by atoms with E-state index in [1.54, 1.807) is 6.92 Å². The van der Waals surface area contributed by atoms with Crippen LogP contribution in [0.2, 0.25) is 0 Å². The molecule has 0 fully saturated rings. The minimum atomic E-state index is -0.814. The van der Waals surface area contributed by atoms with E-state index in [4.69, 9.17) is 0 Å². The van der Waals surface area contributed by atoms with Crippen molar-refractivity contribution in [3.63, 3.8) is 0 Å². The zero-order valence-electron chi connectivity index (χ0n) is 11.2. The number of carbonyl (C=O) groups is 1.